The minimum absolute atomic E-state index is 0.0209. The number of hydrogen-bond acceptors (Lipinski definition) is 6. The Balaban J connectivity index is 2.21. The smallest absolute Gasteiger partial charge is 0.237 e. The second-order valence-electron chi connectivity index (χ2n) is 7.52. The van der Waals surface area contributed by atoms with Gasteiger partial charge in [-0.1, -0.05) is 20.3 Å². The van der Waals surface area contributed by atoms with Crippen molar-refractivity contribution in [2.45, 2.75) is 71.2 Å². The lowest BCUT2D eigenvalue weighted by molar-refractivity contribution is -0.152. The number of unbranched alkanes of at least 4 members (excludes halogenated alkanes) is 1. The zero-order valence-corrected chi connectivity index (χ0v) is 14.5. The highest BCUT2D eigenvalue weighted by atomic mass is 16.5. The molecule has 0 spiro atoms. The molecule has 1 aliphatic carbocycles. The van der Waals surface area contributed by atoms with Crippen molar-refractivity contribution in [3.05, 3.63) is 22.9 Å². The molecule has 0 fully saturated rings. The van der Waals surface area contributed by atoms with Gasteiger partial charge in [0.15, 0.2) is 17.6 Å². The van der Waals surface area contributed by atoms with E-state index < -0.39 is 34.8 Å². The number of ketones is 2. The van der Waals surface area contributed by atoms with Crippen LogP contribution in [0.1, 0.15) is 53.4 Å². The van der Waals surface area contributed by atoms with Crippen molar-refractivity contribution in [2.75, 3.05) is 0 Å². The quantitative estimate of drug-likeness (QED) is 0.821. The zero-order valence-electron chi connectivity index (χ0n) is 14.5. The van der Waals surface area contributed by atoms with Gasteiger partial charge in [-0.3, -0.25) is 9.59 Å². The molecule has 0 amide bonds. The number of hydrogen-bond donors (Lipinski definition) is 2. The van der Waals surface area contributed by atoms with Gasteiger partial charge in [-0.2, -0.15) is 0 Å². The Bertz CT molecular complexity index is 675. The van der Waals surface area contributed by atoms with Crippen molar-refractivity contribution in [1.82, 2.24) is 0 Å². The molecule has 0 saturated carbocycles. The fourth-order valence-electron chi connectivity index (χ4n) is 4.10. The van der Waals surface area contributed by atoms with Crippen LogP contribution < -0.4 is 0 Å². The van der Waals surface area contributed by atoms with Crippen LogP contribution in [-0.4, -0.2) is 39.6 Å². The molecule has 4 unspecified atom stereocenters. The molecule has 6 nitrogen and oxygen atoms in total. The van der Waals surface area contributed by atoms with Gasteiger partial charge in [-0.05, 0) is 33.1 Å². The molecular formula is C18H24O6. The van der Waals surface area contributed by atoms with Crippen LogP contribution in [0, 0.1) is 5.41 Å². The highest BCUT2D eigenvalue weighted by Crippen LogP contribution is 2.55. The average molecular weight is 336 g/mol. The normalized spacial score (nSPS) is 38.7. The maximum absolute atomic E-state index is 12.6. The first-order valence-corrected chi connectivity index (χ1v) is 8.45. The predicted molar refractivity (Wildman–Crippen MR) is 85.0 cm³/mol. The highest BCUT2D eigenvalue weighted by Gasteiger charge is 2.60. The van der Waals surface area contributed by atoms with Gasteiger partial charge in [0.05, 0.1) is 5.57 Å². The van der Waals surface area contributed by atoms with Crippen LogP contribution in [0.2, 0.25) is 0 Å². The Kier molecular flexibility index (Phi) is 3.79. The SMILES string of the molecule is CCCCC1(C)CC2(C)C3=C(O1)C(=O)C(C)OC3=C(O)C(=O)C2O. The molecule has 24 heavy (non-hydrogen) atoms. The van der Waals surface area contributed by atoms with Crippen molar-refractivity contribution >= 4 is 11.6 Å². The minimum Gasteiger partial charge on any atom is -0.502 e. The molecule has 0 radical (unpaired) electrons. The maximum atomic E-state index is 12.6. The lowest BCUT2D eigenvalue weighted by atomic mass is 9.62. The van der Waals surface area contributed by atoms with Crippen LogP contribution in [0.4, 0.5) is 0 Å². The number of carbonyl (C=O) groups excluding carboxylic acids is 2. The summed E-state index contributed by atoms with van der Waals surface area (Å²) in [4.78, 5) is 24.9. The maximum Gasteiger partial charge on any atom is 0.237 e. The lowest BCUT2D eigenvalue weighted by Crippen LogP contribution is -2.56. The number of Topliss-reactive ketones (excluding diaryl/α,β-unsaturated/α-hetero) is 2. The Morgan fingerprint density at radius 1 is 1.21 bits per heavy atom. The van der Waals surface area contributed by atoms with E-state index in [-0.39, 0.29) is 17.3 Å². The van der Waals surface area contributed by atoms with Gasteiger partial charge in [0.25, 0.3) is 0 Å². The zero-order chi connectivity index (χ0) is 17.9. The number of rotatable bonds is 3. The first-order chi connectivity index (χ1) is 11.1. The third-order valence-corrected chi connectivity index (χ3v) is 5.36. The molecule has 3 rings (SSSR count). The molecule has 2 aliphatic heterocycles. The van der Waals surface area contributed by atoms with Crippen LogP contribution in [0.5, 0.6) is 0 Å². The topological polar surface area (TPSA) is 93.1 Å². The third-order valence-electron chi connectivity index (χ3n) is 5.36. The Hall–Kier alpha value is -1.82. The summed E-state index contributed by atoms with van der Waals surface area (Å²) in [5, 5.41) is 20.7. The summed E-state index contributed by atoms with van der Waals surface area (Å²) in [7, 11) is 0. The first-order valence-electron chi connectivity index (χ1n) is 8.45. The Labute approximate surface area is 141 Å². The number of carbonyl (C=O) groups is 2. The van der Waals surface area contributed by atoms with Gasteiger partial charge >= 0.3 is 0 Å². The van der Waals surface area contributed by atoms with Gasteiger partial charge < -0.3 is 19.7 Å². The molecule has 132 valence electrons. The van der Waals surface area contributed by atoms with E-state index in [0.717, 1.165) is 12.8 Å². The number of ether oxygens (including phenoxy) is 2. The fraction of sp³-hybridized carbons (Fsp3) is 0.667. The third kappa shape index (κ3) is 2.19. The second kappa shape index (κ2) is 5.34. The van der Waals surface area contributed by atoms with Gasteiger partial charge in [-0.25, -0.2) is 0 Å². The van der Waals surface area contributed by atoms with E-state index in [2.05, 4.69) is 6.92 Å². The van der Waals surface area contributed by atoms with Crippen LogP contribution in [0.15, 0.2) is 22.9 Å². The van der Waals surface area contributed by atoms with Gasteiger partial charge in [0, 0.05) is 5.41 Å². The van der Waals surface area contributed by atoms with Crippen molar-refractivity contribution in [3.63, 3.8) is 0 Å². The first kappa shape index (κ1) is 17.0. The molecule has 0 aromatic heterocycles. The largest absolute Gasteiger partial charge is 0.502 e. The van der Waals surface area contributed by atoms with Crippen molar-refractivity contribution in [3.8, 4) is 0 Å². The van der Waals surface area contributed by atoms with Crippen LogP contribution in [0.25, 0.3) is 0 Å². The number of aliphatic hydroxyl groups is 2. The molecular weight excluding hydrogens is 312 g/mol. The van der Waals surface area contributed by atoms with E-state index >= 15 is 0 Å². The van der Waals surface area contributed by atoms with E-state index in [0.29, 0.717) is 18.4 Å². The minimum atomic E-state index is -1.43. The molecule has 2 N–H and O–H groups in total. The second-order valence-corrected chi connectivity index (χ2v) is 7.52. The lowest BCUT2D eigenvalue weighted by Gasteiger charge is -2.51. The summed E-state index contributed by atoms with van der Waals surface area (Å²) < 4.78 is 11.6. The van der Waals surface area contributed by atoms with E-state index in [1.807, 2.05) is 6.92 Å². The summed E-state index contributed by atoms with van der Waals surface area (Å²) in [6.07, 6.45) is 0.691. The average Bonchev–Trinajstić information content (AvgIpc) is 2.53. The molecule has 0 aromatic carbocycles. The molecule has 4 atom stereocenters. The molecule has 0 bridgehead atoms. The monoisotopic (exact) mass is 336 g/mol. The van der Waals surface area contributed by atoms with E-state index in [4.69, 9.17) is 9.47 Å². The van der Waals surface area contributed by atoms with Crippen LogP contribution >= 0.6 is 0 Å². The summed E-state index contributed by atoms with van der Waals surface area (Å²) >= 11 is 0. The number of aliphatic hydroxyl groups excluding tert-OH is 2. The van der Waals surface area contributed by atoms with Crippen LogP contribution in [0.3, 0.4) is 0 Å². The molecule has 3 aliphatic rings. The summed E-state index contributed by atoms with van der Waals surface area (Å²) in [5.41, 5.74) is -1.36. The summed E-state index contributed by atoms with van der Waals surface area (Å²) in [5.74, 6) is -1.62. The standard InChI is InChI=1S/C18H24O6/c1-5-6-7-17(3)8-18(4)10-14(12(20)13(21)16(18)22)23-9(2)11(19)15(10)24-17/h9,16,20,22H,5-8H2,1-4H3. The van der Waals surface area contributed by atoms with E-state index in [1.54, 1.807) is 13.8 Å². The van der Waals surface area contributed by atoms with Crippen LogP contribution in [-0.2, 0) is 19.1 Å². The van der Waals surface area contributed by atoms with Crippen molar-refractivity contribution < 1.29 is 29.3 Å². The summed E-state index contributed by atoms with van der Waals surface area (Å²) in [6.45, 7) is 7.26. The summed E-state index contributed by atoms with van der Waals surface area (Å²) in [6, 6.07) is 0. The Morgan fingerprint density at radius 3 is 2.50 bits per heavy atom. The van der Waals surface area contributed by atoms with Crippen molar-refractivity contribution in [2.24, 2.45) is 5.41 Å². The predicted octanol–water partition coefficient (Wildman–Crippen LogP) is 2.32. The van der Waals surface area contributed by atoms with E-state index in [9.17, 15) is 19.8 Å². The molecule has 0 saturated heterocycles. The molecule has 2 heterocycles. The van der Waals surface area contributed by atoms with Crippen molar-refractivity contribution in [1.29, 1.82) is 0 Å². The Morgan fingerprint density at radius 2 is 1.88 bits per heavy atom. The van der Waals surface area contributed by atoms with E-state index in [1.165, 1.54) is 0 Å². The highest BCUT2D eigenvalue weighted by molar-refractivity contribution is 6.05. The molecule has 6 heteroatoms. The van der Waals surface area contributed by atoms with Gasteiger partial charge in [0.1, 0.15) is 11.7 Å². The molecule has 0 aromatic rings. The van der Waals surface area contributed by atoms with Gasteiger partial charge in [-0.15, -0.1) is 0 Å². The fourth-order valence-corrected chi connectivity index (χ4v) is 4.10. The van der Waals surface area contributed by atoms with Gasteiger partial charge in [0.2, 0.25) is 17.3 Å². The number of allylic oxidation sites excluding steroid dienone is 1.